The van der Waals surface area contributed by atoms with Crippen molar-refractivity contribution < 1.29 is 13.2 Å². The van der Waals surface area contributed by atoms with Crippen molar-refractivity contribution >= 4 is 0 Å². The summed E-state index contributed by atoms with van der Waals surface area (Å²) in [6.45, 7) is 5.40. The van der Waals surface area contributed by atoms with Crippen LogP contribution in [0.25, 0.3) is 0 Å². The molecule has 1 aliphatic rings. The Hall–Kier alpha value is -0.290. The summed E-state index contributed by atoms with van der Waals surface area (Å²) in [6, 6.07) is 0. The minimum atomic E-state index is -4.04. The van der Waals surface area contributed by atoms with Gasteiger partial charge in [-0.15, -0.1) is 0 Å². The molecule has 2 nitrogen and oxygen atoms in total. The topological polar surface area (TPSA) is 38.0 Å². The third kappa shape index (κ3) is 4.14. The lowest BCUT2D eigenvalue weighted by Crippen LogP contribution is -2.55. The smallest absolute Gasteiger partial charge is 0.329 e. The van der Waals surface area contributed by atoms with Crippen LogP contribution in [0.1, 0.15) is 39.5 Å². The Kier molecular flexibility index (Phi) is 4.84. The van der Waals surface area contributed by atoms with Crippen LogP contribution in [-0.2, 0) is 0 Å². The van der Waals surface area contributed by atoms with E-state index in [1.165, 1.54) is 0 Å². The Morgan fingerprint density at radius 1 is 1.29 bits per heavy atom. The van der Waals surface area contributed by atoms with E-state index in [2.05, 4.69) is 19.2 Å². The van der Waals surface area contributed by atoms with Crippen LogP contribution in [0.15, 0.2) is 0 Å². The van der Waals surface area contributed by atoms with Crippen molar-refractivity contribution in [3.8, 4) is 0 Å². The second-order valence-corrected chi connectivity index (χ2v) is 5.58. The van der Waals surface area contributed by atoms with Crippen LogP contribution in [0.4, 0.5) is 13.2 Å². The van der Waals surface area contributed by atoms with Gasteiger partial charge in [0.2, 0.25) is 0 Å². The monoisotopic (exact) mass is 252 g/mol. The van der Waals surface area contributed by atoms with Crippen LogP contribution in [0.3, 0.4) is 0 Å². The zero-order chi connectivity index (χ0) is 13.1. The largest absolute Gasteiger partial charge is 0.391 e. The molecule has 3 N–H and O–H groups in total. The van der Waals surface area contributed by atoms with Gasteiger partial charge in [0.15, 0.2) is 0 Å². The zero-order valence-corrected chi connectivity index (χ0v) is 10.6. The fraction of sp³-hybridized carbons (Fsp3) is 1.00. The van der Waals surface area contributed by atoms with Crippen LogP contribution >= 0.6 is 0 Å². The maximum absolute atomic E-state index is 12.6. The van der Waals surface area contributed by atoms with Crippen LogP contribution in [0.2, 0.25) is 0 Å². The second-order valence-electron chi connectivity index (χ2n) is 5.58. The van der Waals surface area contributed by atoms with E-state index >= 15 is 0 Å². The first-order chi connectivity index (χ1) is 7.79. The fourth-order valence-corrected chi connectivity index (χ4v) is 2.37. The van der Waals surface area contributed by atoms with E-state index in [4.69, 9.17) is 5.73 Å². The minimum absolute atomic E-state index is 0.200. The first kappa shape index (κ1) is 14.8. The molecule has 1 aliphatic carbocycles. The fourth-order valence-electron chi connectivity index (χ4n) is 2.37. The molecular weight excluding hydrogens is 229 g/mol. The summed E-state index contributed by atoms with van der Waals surface area (Å²) in [6.07, 6.45) is -2.59. The highest BCUT2D eigenvalue weighted by molar-refractivity contribution is 4.95. The number of nitrogens with two attached hydrogens (primary N) is 1. The Morgan fingerprint density at radius 3 is 2.18 bits per heavy atom. The number of nitrogens with one attached hydrogen (secondary N) is 1. The summed E-state index contributed by atoms with van der Waals surface area (Å²) in [5.74, 6) is -0.651. The average molecular weight is 252 g/mol. The molecule has 1 fully saturated rings. The molecule has 0 amide bonds. The third-order valence-corrected chi connectivity index (χ3v) is 3.68. The number of alkyl halides is 3. The number of hydrogen-bond acceptors (Lipinski definition) is 2. The van der Waals surface area contributed by atoms with E-state index in [0.29, 0.717) is 25.3 Å². The first-order valence-corrected chi connectivity index (χ1v) is 6.31. The Balaban J connectivity index is 2.51. The van der Waals surface area contributed by atoms with Gasteiger partial charge in [-0.25, -0.2) is 0 Å². The van der Waals surface area contributed by atoms with Crippen LogP contribution in [0, 0.1) is 11.8 Å². The van der Waals surface area contributed by atoms with Gasteiger partial charge >= 0.3 is 6.18 Å². The van der Waals surface area contributed by atoms with E-state index in [0.717, 1.165) is 6.54 Å². The van der Waals surface area contributed by atoms with Crippen molar-refractivity contribution in [3.63, 3.8) is 0 Å². The molecule has 1 rings (SSSR count). The molecule has 0 spiro atoms. The molecular formula is C12H23F3N2. The Bertz CT molecular complexity index is 230. The summed E-state index contributed by atoms with van der Waals surface area (Å²) < 4.78 is 37.7. The summed E-state index contributed by atoms with van der Waals surface area (Å²) in [5, 5.41) is 3.36. The van der Waals surface area contributed by atoms with Gasteiger partial charge in [0, 0.05) is 12.1 Å². The van der Waals surface area contributed by atoms with Crippen LogP contribution in [-0.4, -0.2) is 24.8 Å². The number of rotatable bonds is 4. The molecule has 1 saturated carbocycles. The van der Waals surface area contributed by atoms with Gasteiger partial charge in [-0.2, -0.15) is 13.2 Å². The van der Waals surface area contributed by atoms with Crippen molar-refractivity contribution in [3.05, 3.63) is 0 Å². The highest BCUT2D eigenvalue weighted by Crippen LogP contribution is 2.40. The van der Waals surface area contributed by atoms with E-state index in [9.17, 15) is 13.2 Å². The van der Waals surface area contributed by atoms with Crippen molar-refractivity contribution in [1.29, 1.82) is 0 Å². The van der Waals surface area contributed by atoms with Gasteiger partial charge in [0.05, 0.1) is 5.92 Å². The summed E-state index contributed by atoms with van der Waals surface area (Å²) in [7, 11) is 0. The van der Waals surface area contributed by atoms with Crippen molar-refractivity contribution in [2.24, 2.45) is 17.6 Å². The van der Waals surface area contributed by atoms with Crippen molar-refractivity contribution in [2.75, 3.05) is 13.1 Å². The Labute approximate surface area is 101 Å². The van der Waals surface area contributed by atoms with Gasteiger partial charge in [-0.3, -0.25) is 0 Å². The molecule has 0 aliphatic heterocycles. The zero-order valence-electron chi connectivity index (χ0n) is 10.6. The second kappa shape index (κ2) is 5.57. The van der Waals surface area contributed by atoms with Gasteiger partial charge in [0.25, 0.3) is 0 Å². The predicted molar refractivity (Wildman–Crippen MR) is 62.6 cm³/mol. The summed E-state index contributed by atoms with van der Waals surface area (Å²) in [5.41, 5.74) is 5.46. The molecule has 0 unspecified atom stereocenters. The molecule has 0 radical (unpaired) electrons. The molecule has 0 aromatic heterocycles. The van der Waals surface area contributed by atoms with E-state index in [-0.39, 0.29) is 18.4 Å². The van der Waals surface area contributed by atoms with Crippen LogP contribution < -0.4 is 11.1 Å². The third-order valence-electron chi connectivity index (χ3n) is 3.68. The quantitative estimate of drug-likeness (QED) is 0.807. The van der Waals surface area contributed by atoms with E-state index in [1.54, 1.807) is 0 Å². The van der Waals surface area contributed by atoms with Gasteiger partial charge in [-0.1, -0.05) is 13.8 Å². The number of halogens is 3. The standard InChI is InChI=1S/C12H23F3N2/c1-9(2)7-17-11(8-16)5-3-10(4-6-11)12(13,14)15/h9-10,17H,3-8,16H2,1-2H3. The summed E-state index contributed by atoms with van der Waals surface area (Å²) in [4.78, 5) is 0. The van der Waals surface area contributed by atoms with Gasteiger partial charge in [-0.05, 0) is 38.1 Å². The van der Waals surface area contributed by atoms with Gasteiger partial charge in [0.1, 0.15) is 0 Å². The predicted octanol–water partition coefficient (Wildman–Crippen LogP) is 2.68. The molecule has 0 atom stereocenters. The molecule has 0 heterocycles. The molecule has 5 heteroatoms. The Morgan fingerprint density at radius 2 is 1.82 bits per heavy atom. The highest BCUT2D eigenvalue weighted by atomic mass is 19.4. The first-order valence-electron chi connectivity index (χ1n) is 6.31. The molecule has 102 valence electrons. The van der Waals surface area contributed by atoms with Crippen LogP contribution in [0.5, 0.6) is 0 Å². The van der Waals surface area contributed by atoms with E-state index in [1.807, 2.05) is 0 Å². The normalized spacial score (nSPS) is 30.9. The van der Waals surface area contributed by atoms with Crippen molar-refractivity contribution in [2.45, 2.75) is 51.2 Å². The minimum Gasteiger partial charge on any atom is -0.329 e. The average Bonchev–Trinajstić information content (AvgIpc) is 2.26. The SMILES string of the molecule is CC(C)CNC1(CN)CCC(C(F)(F)F)CC1. The lowest BCUT2D eigenvalue weighted by molar-refractivity contribution is -0.185. The number of hydrogen-bond donors (Lipinski definition) is 2. The highest BCUT2D eigenvalue weighted by Gasteiger charge is 2.45. The van der Waals surface area contributed by atoms with Gasteiger partial charge < -0.3 is 11.1 Å². The molecule has 17 heavy (non-hydrogen) atoms. The summed E-state index contributed by atoms with van der Waals surface area (Å²) >= 11 is 0. The molecule has 0 bridgehead atoms. The van der Waals surface area contributed by atoms with Crippen molar-refractivity contribution in [1.82, 2.24) is 5.32 Å². The molecule has 0 saturated heterocycles. The lowest BCUT2D eigenvalue weighted by atomic mass is 9.76. The molecule has 0 aromatic rings. The maximum Gasteiger partial charge on any atom is 0.391 e. The molecule has 0 aromatic carbocycles. The maximum atomic E-state index is 12.6. The van der Waals surface area contributed by atoms with E-state index < -0.39 is 12.1 Å². The lowest BCUT2D eigenvalue weighted by Gasteiger charge is -2.41.